The molecule has 2 aliphatic rings. The molecule has 1 spiro atoms. The van der Waals surface area contributed by atoms with E-state index in [-0.39, 0.29) is 11.6 Å². The van der Waals surface area contributed by atoms with E-state index < -0.39 is 5.82 Å². The van der Waals surface area contributed by atoms with Gasteiger partial charge in [-0.2, -0.15) is 11.3 Å². The van der Waals surface area contributed by atoms with Gasteiger partial charge in [-0.1, -0.05) is 0 Å². The van der Waals surface area contributed by atoms with Crippen LogP contribution in [-0.2, 0) is 11.3 Å². The van der Waals surface area contributed by atoms with Crippen LogP contribution in [0, 0.1) is 5.82 Å². The number of nitrogens with zero attached hydrogens (tertiary/aromatic N) is 3. The van der Waals surface area contributed by atoms with Crippen molar-refractivity contribution >= 4 is 17.3 Å². The molecule has 24 heavy (non-hydrogen) atoms. The lowest BCUT2D eigenvalue weighted by molar-refractivity contribution is -0.0532. The number of likely N-dealkylation sites (tertiary alicyclic amines) is 1. The SMILES string of the molecule is Fc1cnc(N[C@@H]2CO[C@@]3(CCCN(Cc4ccsc4)C3)C2)nc1. The van der Waals surface area contributed by atoms with E-state index in [0.717, 1.165) is 38.9 Å². The lowest BCUT2D eigenvalue weighted by atomic mass is 9.88. The van der Waals surface area contributed by atoms with Crippen LogP contribution >= 0.6 is 11.3 Å². The molecular formula is C17H21FN4OS. The quantitative estimate of drug-likeness (QED) is 0.921. The highest BCUT2D eigenvalue weighted by atomic mass is 32.1. The Morgan fingerprint density at radius 3 is 3.08 bits per heavy atom. The van der Waals surface area contributed by atoms with Crippen LogP contribution in [0.3, 0.4) is 0 Å². The van der Waals surface area contributed by atoms with Crippen molar-refractivity contribution in [2.24, 2.45) is 0 Å². The van der Waals surface area contributed by atoms with Crippen LogP contribution in [0.4, 0.5) is 10.3 Å². The normalized spacial score (nSPS) is 27.6. The molecular weight excluding hydrogens is 327 g/mol. The summed E-state index contributed by atoms with van der Waals surface area (Å²) in [6.07, 6.45) is 5.56. The van der Waals surface area contributed by atoms with Crippen molar-refractivity contribution < 1.29 is 9.13 Å². The summed E-state index contributed by atoms with van der Waals surface area (Å²) in [5.41, 5.74) is 1.30. The highest BCUT2D eigenvalue weighted by Gasteiger charge is 2.43. The molecule has 4 heterocycles. The first kappa shape index (κ1) is 15.9. The number of halogens is 1. The zero-order valence-corrected chi connectivity index (χ0v) is 14.3. The van der Waals surface area contributed by atoms with Crippen molar-refractivity contribution in [3.05, 3.63) is 40.6 Å². The fourth-order valence-corrected chi connectivity index (χ4v) is 4.42. The van der Waals surface area contributed by atoms with Gasteiger partial charge < -0.3 is 10.1 Å². The standard InChI is InChI=1S/C17H21FN4OS/c18-14-7-19-16(20-8-14)21-15-6-17(23-10-15)3-1-4-22(12-17)9-13-2-5-24-11-13/h2,5,7-8,11,15H,1,3-4,6,9-10,12H2,(H,19,20,21)/t15-,17-/m0/s1. The van der Waals surface area contributed by atoms with Crippen molar-refractivity contribution in [3.8, 4) is 0 Å². The molecule has 0 saturated carbocycles. The van der Waals surface area contributed by atoms with Crippen molar-refractivity contribution in [2.45, 2.75) is 37.5 Å². The molecule has 7 heteroatoms. The maximum absolute atomic E-state index is 12.9. The van der Waals surface area contributed by atoms with Crippen molar-refractivity contribution in [3.63, 3.8) is 0 Å². The summed E-state index contributed by atoms with van der Waals surface area (Å²) in [6, 6.07) is 2.37. The van der Waals surface area contributed by atoms with Gasteiger partial charge in [0.25, 0.3) is 0 Å². The second kappa shape index (κ2) is 6.74. The molecule has 2 aliphatic heterocycles. The van der Waals surface area contributed by atoms with E-state index in [0.29, 0.717) is 12.6 Å². The lowest BCUT2D eigenvalue weighted by Gasteiger charge is -2.39. The predicted octanol–water partition coefficient (Wildman–Crippen LogP) is 2.91. The number of piperidine rings is 1. The molecule has 0 amide bonds. The minimum atomic E-state index is -0.420. The monoisotopic (exact) mass is 348 g/mol. The van der Waals surface area contributed by atoms with Gasteiger partial charge in [0, 0.05) is 19.5 Å². The molecule has 0 radical (unpaired) electrons. The van der Waals surface area contributed by atoms with Crippen molar-refractivity contribution in [1.82, 2.24) is 14.9 Å². The average molecular weight is 348 g/mol. The summed E-state index contributed by atoms with van der Waals surface area (Å²) in [5, 5.41) is 7.61. The fourth-order valence-electron chi connectivity index (χ4n) is 3.76. The first-order valence-electron chi connectivity index (χ1n) is 8.32. The van der Waals surface area contributed by atoms with Gasteiger partial charge in [0.1, 0.15) is 0 Å². The summed E-state index contributed by atoms with van der Waals surface area (Å²) in [4.78, 5) is 10.4. The van der Waals surface area contributed by atoms with Gasteiger partial charge in [-0.05, 0) is 41.8 Å². The first-order chi connectivity index (χ1) is 11.7. The van der Waals surface area contributed by atoms with Crippen LogP contribution in [0.2, 0.25) is 0 Å². The highest BCUT2D eigenvalue weighted by molar-refractivity contribution is 7.07. The number of anilines is 1. The van der Waals surface area contributed by atoms with Crippen LogP contribution in [-0.4, -0.2) is 46.2 Å². The van der Waals surface area contributed by atoms with Gasteiger partial charge >= 0.3 is 0 Å². The Kier molecular flexibility index (Phi) is 4.47. The molecule has 2 aromatic heterocycles. The summed E-state index contributed by atoms with van der Waals surface area (Å²) in [7, 11) is 0. The van der Waals surface area contributed by atoms with Gasteiger partial charge in [-0.3, -0.25) is 4.90 Å². The van der Waals surface area contributed by atoms with E-state index in [1.165, 1.54) is 18.0 Å². The van der Waals surface area contributed by atoms with Gasteiger partial charge in [0.2, 0.25) is 5.95 Å². The molecule has 128 valence electrons. The van der Waals surface area contributed by atoms with Crippen molar-refractivity contribution in [1.29, 1.82) is 0 Å². The van der Waals surface area contributed by atoms with E-state index in [2.05, 4.69) is 37.0 Å². The van der Waals surface area contributed by atoms with Crippen LogP contribution in [0.25, 0.3) is 0 Å². The summed E-state index contributed by atoms with van der Waals surface area (Å²) < 4.78 is 19.1. The number of thiophene rings is 1. The van der Waals surface area contributed by atoms with E-state index in [4.69, 9.17) is 4.74 Å². The molecule has 2 atom stereocenters. The molecule has 0 unspecified atom stereocenters. The maximum Gasteiger partial charge on any atom is 0.223 e. The van der Waals surface area contributed by atoms with Crippen LogP contribution in [0.1, 0.15) is 24.8 Å². The Labute approximate surface area is 144 Å². The molecule has 1 N–H and O–H groups in total. The summed E-state index contributed by atoms with van der Waals surface area (Å²) >= 11 is 1.75. The van der Waals surface area contributed by atoms with Gasteiger partial charge in [0.15, 0.2) is 5.82 Å². The zero-order valence-electron chi connectivity index (χ0n) is 13.4. The van der Waals surface area contributed by atoms with E-state index in [1.807, 2.05) is 0 Å². The molecule has 2 aromatic rings. The van der Waals surface area contributed by atoms with Crippen LogP contribution < -0.4 is 5.32 Å². The molecule has 4 rings (SSSR count). The van der Waals surface area contributed by atoms with E-state index in [1.54, 1.807) is 11.3 Å². The third-order valence-corrected chi connectivity index (χ3v) is 5.50. The maximum atomic E-state index is 12.9. The second-order valence-corrected chi connectivity index (χ2v) is 7.49. The molecule has 0 aliphatic carbocycles. The third kappa shape index (κ3) is 3.58. The topological polar surface area (TPSA) is 50.3 Å². The predicted molar refractivity (Wildman–Crippen MR) is 91.5 cm³/mol. The highest BCUT2D eigenvalue weighted by Crippen LogP contribution is 2.36. The smallest absolute Gasteiger partial charge is 0.223 e. The molecule has 0 bridgehead atoms. The largest absolute Gasteiger partial charge is 0.371 e. The Balaban J connectivity index is 1.36. The lowest BCUT2D eigenvalue weighted by Crippen LogP contribution is -2.47. The Bertz CT molecular complexity index is 666. The molecule has 2 saturated heterocycles. The van der Waals surface area contributed by atoms with E-state index in [9.17, 15) is 4.39 Å². The molecule has 2 fully saturated rings. The first-order valence-corrected chi connectivity index (χ1v) is 9.27. The Morgan fingerprint density at radius 2 is 2.29 bits per heavy atom. The number of hydrogen-bond donors (Lipinski definition) is 1. The number of rotatable bonds is 4. The third-order valence-electron chi connectivity index (χ3n) is 4.77. The second-order valence-electron chi connectivity index (χ2n) is 6.71. The molecule has 5 nitrogen and oxygen atoms in total. The Morgan fingerprint density at radius 1 is 1.42 bits per heavy atom. The summed E-state index contributed by atoms with van der Waals surface area (Å²) in [6.45, 7) is 3.73. The average Bonchev–Trinajstić information content (AvgIpc) is 3.21. The fraction of sp³-hybridized carbons (Fsp3) is 0.529. The number of aromatic nitrogens is 2. The number of ether oxygens (including phenoxy) is 1. The van der Waals surface area contributed by atoms with Crippen LogP contribution in [0.15, 0.2) is 29.2 Å². The minimum Gasteiger partial charge on any atom is -0.371 e. The van der Waals surface area contributed by atoms with Gasteiger partial charge in [-0.15, -0.1) is 0 Å². The minimum absolute atomic E-state index is 0.0774. The van der Waals surface area contributed by atoms with E-state index >= 15 is 0 Å². The zero-order chi connectivity index (χ0) is 16.4. The Hall–Kier alpha value is -1.57. The molecule has 0 aromatic carbocycles. The summed E-state index contributed by atoms with van der Waals surface area (Å²) in [5.74, 6) is 0.0454. The van der Waals surface area contributed by atoms with Gasteiger partial charge in [0.05, 0.1) is 30.6 Å². The van der Waals surface area contributed by atoms with Crippen LogP contribution in [0.5, 0.6) is 0 Å². The number of hydrogen-bond acceptors (Lipinski definition) is 6. The van der Waals surface area contributed by atoms with Gasteiger partial charge in [-0.25, -0.2) is 14.4 Å². The number of nitrogens with one attached hydrogen (secondary N) is 1. The van der Waals surface area contributed by atoms with Crippen molar-refractivity contribution in [2.75, 3.05) is 25.0 Å².